The van der Waals surface area contributed by atoms with Crippen LogP contribution in [0.5, 0.6) is 5.75 Å². The number of methoxy groups -OCH3 is 1. The normalized spacial score (nSPS) is 13.9. The van der Waals surface area contributed by atoms with E-state index in [4.69, 9.17) is 16.3 Å². The Kier molecular flexibility index (Phi) is 3.81. The molecule has 0 unspecified atom stereocenters. The van der Waals surface area contributed by atoms with Gasteiger partial charge in [-0.05, 0) is 42.8 Å². The molecule has 2 heterocycles. The molecule has 0 N–H and O–H groups in total. The molecule has 0 saturated heterocycles. The monoisotopic (exact) mass is 353 g/mol. The minimum absolute atomic E-state index is 0.118. The molecule has 1 aliphatic heterocycles. The Morgan fingerprint density at radius 2 is 1.96 bits per heavy atom. The molecule has 0 amide bonds. The Bertz CT molecular complexity index is 1000. The molecule has 1 aromatic heterocycles. The molecular weight excluding hydrogens is 338 g/mol. The summed E-state index contributed by atoms with van der Waals surface area (Å²) < 4.78 is 5.37. The van der Waals surface area contributed by atoms with Crippen molar-refractivity contribution in [1.29, 1.82) is 0 Å². The van der Waals surface area contributed by atoms with E-state index in [0.29, 0.717) is 30.1 Å². The summed E-state index contributed by atoms with van der Waals surface area (Å²) in [6, 6.07) is 11.5. The number of nitrogens with zero attached hydrogens (tertiary/aromatic N) is 3. The number of carbonyl (C=O) groups is 1. The maximum absolute atomic E-state index is 12.5. The SMILES string of the molecule is COc1ccc2c(c1C)C(=O)CCN2c1nc(Cl)nc2ccccc12. The molecule has 2 aromatic carbocycles. The van der Waals surface area contributed by atoms with Crippen molar-refractivity contribution in [2.75, 3.05) is 18.6 Å². The highest BCUT2D eigenvalue weighted by atomic mass is 35.5. The van der Waals surface area contributed by atoms with Crippen molar-refractivity contribution in [3.63, 3.8) is 0 Å². The van der Waals surface area contributed by atoms with Crippen LogP contribution >= 0.6 is 11.6 Å². The van der Waals surface area contributed by atoms with Crippen LogP contribution in [0.4, 0.5) is 11.5 Å². The van der Waals surface area contributed by atoms with E-state index in [2.05, 4.69) is 9.97 Å². The summed E-state index contributed by atoms with van der Waals surface area (Å²) in [7, 11) is 1.61. The summed E-state index contributed by atoms with van der Waals surface area (Å²) >= 11 is 6.14. The number of rotatable bonds is 2. The topological polar surface area (TPSA) is 55.3 Å². The lowest BCUT2D eigenvalue weighted by molar-refractivity contribution is 0.0980. The van der Waals surface area contributed by atoms with Crippen molar-refractivity contribution < 1.29 is 9.53 Å². The summed E-state index contributed by atoms with van der Waals surface area (Å²) in [5.41, 5.74) is 3.14. The first-order valence-electron chi connectivity index (χ1n) is 8.00. The van der Waals surface area contributed by atoms with E-state index in [0.717, 1.165) is 22.2 Å². The molecule has 1 aliphatic rings. The van der Waals surface area contributed by atoms with Crippen LogP contribution in [0.25, 0.3) is 10.9 Å². The Balaban J connectivity index is 1.97. The van der Waals surface area contributed by atoms with E-state index < -0.39 is 0 Å². The number of ether oxygens (including phenoxy) is 1. The zero-order chi connectivity index (χ0) is 17.6. The molecule has 0 radical (unpaired) electrons. The Hall–Kier alpha value is -2.66. The van der Waals surface area contributed by atoms with E-state index in [9.17, 15) is 4.79 Å². The molecule has 126 valence electrons. The zero-order valence-electron chi connectivity index (χ0n) is 13.9. The largest absolute Gasteiger partial charge is 0.496 e. The zero-order valence-corrected chi connectivity index (χ0v) is 14.7. The molecular formula is C19H16ClN3O2. The van der Waals surface area contributed by atoms with Gasteiger partial charge in [0.15, 0.2) is 5.78 Å². The smallest absolute Gasteiger partial charge is 0.224 e. The fourth-order valence-electron chi connectivity index (χ4n) is 3.39. The molecule has 0 fully saturated rings. The Morgan fingerprint density at radius 1 is 1.16 bits per heavy atom. The third kappa shape index (κ3) is 2.51. The quantitative estimate of drug-likeness (QED) is 0.642. The number of hydrogen-bond acceptors (Lipinski definition) is 5. The second kappa shape index (κ2) is 6.01. The molecule has 5 nitrogen and oxygen atoms in total. The first kappa shape index (κ1) is 15.8. The van der Waals surface area contributed by atoms with E-state index in [1.807, 2.05) is 48.2 Å². The van der Waals surface area contributed by atoms with Crippen molar-refractivity contribution >= 4 is 39.8 Å². The van der Waals surface area contributed by atoms with Gasteiger partial charge in [0.2, 0.25) is 5.28 Å². The van der Waals surface area contributed by atoms with Gasteiger partial charge in [0, 0.05) is 29.5 Å². The first-order chi connectivity index (χ1) is 12.1. The number of halogens is 1. The van der Waals surface area contributed by atoms with Gasteiger partial charge in [-0.25, -0.2) is 4.98 Å². The molecule has 0 atom stereocenters. The third-order valence-electron chi connectivity index (χ3n) is 4.56. The van der Waals surface area contributed by atoms with Crippen molar-refractivity contribution in [2.45, 2.75) is 13.3 Å². The number of aromatic nitrogens is 2. The van der Waals surface area contributed by atoms with E-state index >= 15 is 0 Å². The van der Waals surface area contributed by atoms with Gasteiger partial charge in [0.05, 0.1) is 18.3 Å². The summed E-state index contributed by atoms with van der Waals surface area (Å²) in [5.74, 6) is 1.54. The Labute approximate surface area is 150 Å². The lowest BCUT2D eigenvalue weighted by atomic mass is 9.95. The minimum atomic E-state index is 0.118. The fraction of sp³-hybridized carbons (Fsp3) is 0.211. The van der Waals surface area contributed by atoms with Crippen LogP contribution in [0.3, 0.4) is 0 Å². The molecule has 0 aliphatic carbocycles. The summed E-state index contributed by atoms with van der Waals surface area (Å²) in [6.45, 7) is 2.46. The summed E-state index contributed by atoms with van der Waals surface area (Å²) in [5, 5.41) is 1.10. The molecule has 0 saturated carbocycles. The van der Waals surface area contributed by atoms with Crippen LogP contribution in [-0.4, -0.2) is 29.4 Å². The number of Topliss-reactive ketones (excluding diaryl/α,β-unsaturated/α-hetero) is 1. The number of para-hydroxylation sites is 1. The summed E-state index contributed by atoms with van der Waals surface area (Å²) in [4.78, 5) is 23.3. The molecule has 6 heteroatoms. The fourth-order valence-corrected chi connectivity index (χ4v) is 3.56. The van der Waals surface area contributed by atoms with E-state index in [-0.39, 0.29) is 11.1 Å². The number of benzene rings is 2. The lowest BCUT2D eigenvalue weighted by Crippen LogP contribution is -2.29. The maximum Gasteiger partial charge on any atom is 0.224 e. The van der Waals surface area contributed by atoms with Crippen molar-refractivity contribution in [2.24, 2.45) is 0 Å². The van der Waals surface area contributed by atoms with E-state index in [1.165, 1.54) is 0 Å². The molecule has 0 bridgehead atoms. The minimum Gasteiger partial charge on any atom is -0.496 e. The van der Waals surface area contributed by atoms with Gasteiger partial charge >= 0.3 is 0 Å². The molecule has 25 heavy (non-hydrogen) atoms. The highest BCUT2D eigenvalue weighted by Gasteiger charge is 2.29. The molecule has 3 aromatic rings. The number of ketones is 1. The van der Waals surface area contributed by atoms with Crippen LogP contribution in [0.2, 0.25) is 5.28 Å². The number of hydrogen-bond donors (Lipinski definition) is 0. The highest BCUT2D eigenvalue weighted by Crippen LogP contribution is 2.39. The van der Waals surface area contributed by atoms with Crippen LogP contribution in [-0.2, 0) is 0 Å². The van der Waals surface area contributed by atoms with E-state index in [1.54, 1.807) is 7.11 Å². The van der Waals surface area contributed by atoms with Gasteiger partial charge in [-0.15, -0.1) is 0 Å². The van der Waals surface area contributed by atoms with Gasteiger partial charge in [-0.3, -0.25) is 4.79 Å². The number of carbonyl (C=O) groups excluding carboxylic acids is 1. The number of fused-ring (bicyclic) bond motifs is 2. The van der Waals surface area contributed by atoms with Gasteiger partial charge in [0.25, 0.3) is 0 Å². The lowest BCUT2D eigenvalue weighted by Gasteiger charge is -2.31. The van der Waals surface area contributed by atoms with Gasteiger partial charge in [-0.2, -0.15) is 4.98 Å². The first-order valence-corrected chi connectivity index (χ1v) is 8.38. The van der Waals surface area contributed by atoms with Crippen LogP contribution in [0, 0.1) is 6.92 Å². The highest BCUT2D eigenvalue weighted by molar-refractivity contribution is 6.29. The third-order valence-corrected chi connectivity index (χ3v) is 4.73. The summed E-state index contributed by atoms with van der Waals surface area (Å²) in [6.07, 6.45) is 0.414. The van der Waals surface area contributed by atoms with Crippen LogP contribution in [0.15, 0.2) is 36.4 Å². The standard InChI is InChI=1S/C19H16ClN3O2/c1-11-16(25-2)8-7-14-17(11)15(24)9-10-23(14)18-12-5-3-4-6-13(12)21-19(20)22-18/h3-8H,9-10H2,1-2H3. The second-order valence-electron chi connectivity index (χ2n) is 5.95. The second-order valence-corrected chi connectivity index (χ2v) is 6.28. The van der Waals surface area contributed by atoms with Crippen molar-refractivity contribution in [1.82, 2.24) is 9.97 Å². The van der Waals surface area contributed by atoms with Gasteiger partial charge in [0.1, 0.15) is 11.6 Å². The molecule has 0 spiro atoms. The number of anilines is 2. The van der Waals surface area contributed by atoms with Crippen molar-refractivity contribution in [3.05, 3.63) is 52.8 Å². The Morgan fingerprint density at radius 3 is 2.76 bits per heavy atom. The van der Waals surface area contributed by atoms with Crippen LogP contribution in [0.1, 0.15) is 22.3 Å². The predicted molar refractivity (Wildman–Crippen MR) is 98.2 cm³/mol. The predicted octanol–water partition coefficient (Wildman–Crippen LogP) is 4.32. The van der Waals surface area contributed by atoms with Gasteiger partial charge in [-0.1, -0.05) is 12.1 Å². The van der Waals surface area contributed by atoms with Crippen LogP contribution < -0.4 is 9.64 Å². The average Bonchev–Trinajstić information content (AvgIpc) is 2.61. The van der Waals surface area contributed by atoms with Gasteiger partial charge < -0.3 is 9.64 Å². The van der Waals surface area contributed by atoms with Crippen molar-refractivity contribution in [3.8, 4) is 5.75 Å². The molecule has 4 rings (SSSR count). The average molecular weight is 354 g/mol. The maximum atomic E-state index is 12.5.